The van der Waals surface area contributed by atoms with Crippen LogP contribution in [0.1, 0.15) is 18.1 Å². The van der Waals surface area contributed by atoms with Crippen molar-refractivity contribution in [3.63, 3.8) is 0 Å². The lowest BCUT2D eigenvalue weighted by Gasteiger charge is -2.28. The molecule has 0 aromatic heterocycles. The highest BCUT2D eigenvalue weighted by atomic mass is 35.5. The monoisotopic (exact) mass is 238 g/mol. The van der Waals surface area contributed by atoms with Gasteiger partial charge in [0.15, 0.2) is 5.60 Å². The summed E-state index contributed by atoms with van der Waals surface area (Å²) in [5, 5.41) is 9.77. The highest BCUT2D eigenvalue weighted by molar-refractivity contribution is 6.30. The summed E-state index contributed by atoms with van der Waals surface area (Å²) in [6, 6.07) is 3.90. The fourth-order valence-corrected chi connectivity index (χ4v) is 1.55. The van der Waals surface area contributed by atoms with Crippen molar-refractivity contribution in [3.05, 3.63) is 34.3 Å². The summed E-state index contributed by atoms with van der Waals surface area (Å²) in [5.41, 5.74) is -2.72. The lowest BCUT2D eigenvalue weighted by Crippen LogP contribution is -2.39. The molecule has 0 amide bonds. The minimum atomic E-state index is -4.70. The highest BCUT2D eigenvalue weighted by Crippen LogP contribution is 2.40. The van der Waals surface area contributed by atoms with Gasteiger partial charge in [0.1, 0.15) is 0 Å². The fourth-order valence-electron chi connectivity index (χ4n) is 1.33. The van der Waals surface area contributed by atoms with Gasteiger partial charge in [-0.2, -0.15) is 13.2 Å². The molecule has 0 aliphatic carbocycles. The summed E-state index contributed by atoms with van der Waals surface area (Å²) in [7, 11) is 0. The van der Waals surface area contributed by atoms with Gasteiger partial charge in [-0.15, -0.1) is 0 Å². The van der Waals surface area contributed by atoms with Crippen LogP contribution >= 0.6 is 11.6 Å². The molecule has 1 rings (SSSR count). The highest BCUT2D eigenvalue weighted by Gasteiger charge is 2.51. The average molecular weight is 239 g/mol. The van der Waals surface area contributed by atoms with Gasteiger partial charge in [0.25, 0.3) is 0 Å². The van der Waals surface area contributed by atoms with E-state index in [1.165, 1.54) is 25.1 Å². The summed E-state index contributed by atoms with van der Waals surface area (Å²) >= 11 is 5.62. The van der Waals surface area contributed by atoms with Crippen molar-refractivity contribution < 1.29 is 18.3 Å². The zero-order valence-corrected chi connectivity index (χ0v) is 8.95. The number of benzene rings is 1. The number of hydrogen-bond donors (Lipinski definition) is 1. The third-order valence-corrected chi connectivity index (χ3v) is 2.50. The number of rotatable bonds is 1. The minimum absolute atomic E-state index is 0.181. The molecular formula is C10H10ClF3O. The Morgan fingerprint density at radius 3 is 2.20 bits per heavy atom. The molecule has 1 N–H and O–H groups in total. The van der Waals surface area contributed by atoms with E-state index in [1.807, 2.05) is 0 Å². The summed E-state index contributed by atoms with van der Waals surface area (Å²) < 4.78 is 37.6. The first-order valence-corrected chi connectivity index (χ1v) is 4.60. The minimum Gasteiger partial charge on any atom is -0.376 e. The average Bonchev–Trinajstić information content (AvgIpc) is 2.00. The van der Waals surface area contributed by atoms with E-state index in [2.05, 4.69) is 0 Å². The van der Waals surface area contributed by atoms with Crippen LogP contribution < -0.4 is 0 Å². The van der Waals surface area contributed by atoms with Crippen LogP contribution in [0.25, 0.3) is 0 Å². The molecule has 1 atom stereocenters. The Hall–Kier alpha value is -0.740. The molecule has 0 aliphatic rings. The van der Waals surface area contributed by atoms with Crippen LogP contribution in [0.2, 0.25) is 5.02 Å². The molecule has 84 valence electrons. The van der Waals surface area contributed by atoms with Crippen molar-refractivity contribution >= 4 is 11.6 Å². The lowest BCUT2D eigenvalue weighted by atomic mass is 9.91. The standard InChI is InChI=1S/C10H10ClF3O/c1-6-5-7(11)3-4-8(6)9(2,15)10(12,13)14/h3-5,15H,1-2H3. The molecule has 0 fully saturated rings. The number of halogens is 4. The van der Waals surface area contributed by atoms with Crippen molar-refractivity contribution in [1.82, 2.24) is 0 Å². The maximum absolute atomic E-state index is 12.5. The molecule has 0 bridgehead atoms. The first-order chi connectivity index (χ1) is 6.66. The molecule has 1 aromatic carbocycles. The molecule has 5 heteroatoms. The lowest BCUT2D eigenvalue weighted by molar-refractivity contribution is -0.259. The predicted octanol–water partition coefficient (Wildman–Crippen LogP) is 3.42. The van der Waals surface area contributed by atoms with Gasteiger partial charge in [0.2, 0.25) is 0 Å². The summed E-state index contributed by atoms with van der Waals surface area (Å²) in [4.78, 5) is 0. The second-order valence-corrected chi connectivity index (χ2v) is 3.97. The maximum atomic E-state index is 12.5. The molecule has 1 nitrogen and oxygen atoms in total. The number of aliphatic hydroxyl groups is 1. The Morgan fingerprint density at radius 1 is 1.27 bits per heavy atom. The third kappa shape index (κ3) is 2.26. The zero-order valence-electron chi connectivity index (χ0n) is 8.19. The van der Waals surface area contributed by atoms with Gasteiger partial charge in [0, 0.05) is 5.02 Å². The van der Waals surface area contributed by atoms with Gasteiger partial charge in [-0.3, -0.25) is 0 Å². The first kappa shape index (κ1) is 12.3. The van der Waals surface area contributed by atoms with Crippen LogP contribution in [-0.2, 0) is 5.60 Å². The van der Waals surface area contributed by atoms with E-state index in [4.69, 9.17) is 11.6 Å². The van der Waals surface area contributed by atoms with E-state index < -0.39 is 11.8 Å². The van der Waals surface area contributed by atoms with Crippen LogP contribution in [0.3, 0.4) is 0 Å². The van der Waals surface area contributed by atoms with Gasteiger partial charge in [-0.05, 0) is 37.1 Å². The van der Waals surface area contributed by atoms with E-state index in [0.29, 0.717) is 10.6 Å². The van der Waals surface area contributed by atoms with E-state index in [1.54, 1.807) is 0 Å². The largest absolute Gasteiger partial charge is 0.421 e. The Kier molecular flexibility index (Phi) is 3.03. The Balaban J connectivity index is 3.28. The van der Waals surface area contributed by atoms with E-state index in [-0.39, 0.29) is 5.56 Å². The van der Waals surface area contributed by atoms with Crippen LogP contribution in [-0.4, -0.2) is 11.3 Å². The SMILES string of the molecule is Cc1cc(Cl)ccc1C(C)(O)C(F)(F)F. The van der Waals surface area contributed by atoms with Crippen LogP contribution in [0.4, 0.5) is 13.2 Å². The summed E-state index contributed by atoms with van der Waals surface area (Å²) in [5.74, 6) is 0. The second-order valence-electron chi connectivity index (χ2n) is 3.53. The van der Waals surface area contributed by atoms with Gasteiger partial charge in [-0.1, -0.05) is 17.7 Å². The van der Waals surface area contributed by atoms with Crippen LogP contribution in [0.5, 0.6) is 0 Å². The molecule has 0 radical (unpaired) electrons. The van der Waals surface area contributed by atoms with E-state index in [9.17, 15) is 18.3 Å². The third-order valence-electron chi connectivity index (χ3n) is 2.26. The smallest absolute Gasteiger partial charge is 0.376 e. The molecule has 1 aromatic rings. The van der Waals surface area contributed by atoms with Crippen LogP contribution in [0, 0.1) is 6.92 Å². The zero-order chi connectivity index (χ0) is 11.9. The van der Waals surface area contributed by atoms with E-state index >= 15 is 0 Å². The maximum Gasteiger partial charge on any atom is 0.421 e. The van der Waals surface area contributed by atoms with Gasteiger partial charge < -0.3 is 5.11 Å². The van der Waals surface area contributed by atoms with Crippen molar-refractivity contribution in [2.75, 3.05) is 0 Å². The molecule has 0 spiro atoms. The van der Waals surface area contributed by atoms with Crippen molar-refractivity contribution in [1.29, 1.82) is 0 Å². The second kappa shape index (κ2) is 3.68. The molecule has 0 aliphatic heterocycles. The first-order valence-electron chi connectivity index (χ1n) is 4.22. The summed E-state index contributed by atoms with van der Waals surface area (Å²) in [6.07, 6.45) is -4.70. The molecule has 0 heterocycles. The van der Waals surface area contributed by atoms with Crippen molar-refractivity contribution in [2.24, 2.45) is 0 Å². The summed E-state index contributed by atoms with van der Waals surface area (Å²) in [6.45, 7) is 2.20. The topological polar surface area (TPSA) is 20.2 Å². The molecule has 1 unspecified atom stereocenters. The predicted molar refractivity (Wildman–Crippen MR) is 51.8 cm³/mol. The molecule has 0 saturated carbocycles. The van der Waals surface area contributed by atoms with Gasteiger partial charge in [0.05, 0.1) is 0 Å². The normalized spacial score (nSPS) is 16.2. The number of alkyl halides is 3. The molecule has 15 heavy (non-hydrogen) atoms. The van der Waals surface area contributed by atoms with Crippen LogP contribution in [0.15, 0.2) is 18.2 Å². The quantitative estimate of drug-likeness (QED) is 0.795. The molecular weight excluding hydrogens is 229 g/mol. The Labute approximate surface area is 90.5 Å². The van der Waals surface area contributed by atoms with E-state index in [0.717, 1.165) is 6.92 Å². The fraction of sp³-hybridized carbons (Fsp3) is 0.400. The molecule has 0 saturated heterocycles. The Morgan fingerprint density at radius 2 is 1.80 bits per heavy atom. The van der Waals surface area contributed by atoms with Gasteiger partial charge in [-0.25, -0.2) is 0 Å². The number of aryl methyl sites for hydroxylation is 1. The van der Waals surface area contributed by atoms with Gasteiger partial charge >= 0.3 is 6.18 Å². The number of hydrogen-bond acceptors (Lipinski definition) is 1. The van der Waals surface area contributed by atoms with Crippen molar-refractivity contribution in [3.8, 4) is 0 Å². The Bertz CT molecular complexity index is 371. The van der Waals surface area contributed by atoms with Crippen molar-refractivity contribution in [2.45, 2.75) is 25.6 Å².